The Morgan fingerprint density at radius 3 is 2.50 bits per heavy atom. The molecule has 8 heteroatoms. The lowest BCUT2D eigenvalue weighted by Crippen LogP contribution is -2.13. The Kier molecular flexibility index (Phi) is 6.65. The molecule has 0 bridgehead atoms. The van der Waals surface area contributed by atoms with Crippen LogP contribution in [-0.2, 0) is 4.74 Å². The van der Waals surface area contributed by atoms with Gasteiger partial charge in [-0.1, -0.05) is 0 Å². The first-order chi connectivity index (χ1) is 13.2. The van der Waals surface area contributed by atoms with Gasteiger partial charge in [-0.15, -0.1) is 0 Å². The Bertz CT molecular complexity index is 1010. The number of nitriles is 1. The summed E-state index contributed by atoms with van der Waals surface area (Å²) in [4.78, 5) is 28.3. The van der Waals surface area contributed by atoms with Gasteiger partial charge in [0.05, 0.1) is 29.3 Å². The van der Waals surface area contributed by atoms with Crippen LogP contribution < -0.4 is 4.74 Å². The number of carbonyl (C=O) groups excluding carboxylic acids is 2. The average molecular weight is 447 g/mol. The number of carbonyl (C=O) groups is 2. The number of Topliss-reactive ketones (excluding diaryl/α,β-unsaturated/α-hetero) is 1. The number of methoxy groups -OCH3 is 1. The van der Waals surface area contributed by atoms with Gasteiger partial charge in [0.2, 0.25) is 5.78 Å². The molecule has 146 valence electrons. The van der Waals surface area contributed by atoms with Gasteiger partial charge in [0.15, 0.2) is 11.5 Å². The molecule has 0 fully saturated rings. The molecule has 0 amide bonds. The second kappa shape index (κ2) is 8.76. The predicted octanol–water partition coefficient (Wildman–Crippen LogP) is 4.07. The number of aromatic nitrogens is 1. The van der Waals surface area contributed by atoms with E-state index in [0.29, 0.717) is 21.4 Å². The summed E-state index contributed by atoms with van der Waals surface area (Å²) in [6.07, 6.45) is 1.37. The van der Waals surface area contributed by atoms with E-state index in [1.165, 1.54) is 19.3 Å². The summed E-state index contributed by atoms with van der Waals surface area (Å²) in [5, 5.41) is 19.4. The third-order valence-corrected chi connectivity index (χ3v) is 4.63. The van der Waals surface area contributed by atoms with E-state index < -0.39 is 11.8 Å². The van der Waals surface area contributed by atoms with Crippen molar-refractivity contribution in [3.8, 4) is 17.6 Å². The molecule has 1 heterocycles. The summed E-state index contributed by atoms with van der Waals surface area (Å²) in [6.45, 7) is 5.15. The lowest BCUT2D eigenvalue weighted by Gasteiger charge is -2.08. The number of aromatic hydroxyl groups is 1. The van der Waals surface area contributed by atoms with Crippen LogP contribution in [0.3, 0.4) is 0 Å². The molecule has 0 radical (unpaired) electrons. The van der Waals surface area contributed by atoms with Crippen LogP contribution in [0.4, 0.5) is 0 Å². The van der Waals surface area contributed by atoms with E-state index in [-0.39, 0.29) is 34.8 Å². The number of phenolic OH excluding ortho intramolecular Hbond substituents is 1. The SMILES string of the molecule is CCOC(=O)c1c(C)[nH]c(C)c1C(=O)/C(C#N)=C/c1cc(Br)c(O)c(OC)c1. The van der Waals surface area contributed by atoms with Gasteiger partial charge in [-0.2, -0.15) is 5.26 Å². The van der Waals surface area contributed by atoms with Crippen LogP contribution in [0.25, 0.3) is 6.08 Å². The van der Waals surface area contributed by atoms with Gasteiger partial charge in [0.1, 0.15) is 11.6 Å². The predicted molar refractivity (Wildman–Crippen MR) is 107 cm³/mol. The Hall–Kier alpha value is -3.05. The number of hydrogen-bond donors (Lipinski definition) is 2. The zero-order chi connectivity index (χ0) is 21.0. The molecule has 0 aliphatic rings. The molecule has 0 spiro atoms. The van der Waals surface area contributed by atoms with Gasteiger partial charge >= 0.3 is 5.97 Å². The van der Waals surface area contributed by atoms with E-state index in [2.05, 4.69) is 20.9 Å². The summed E-state index contributed by atoms with van der Waals surface area (Å²) < 4.78 is 10.5. The molecule has 0 aliphatic heterocycles. The van der Waals surface area contributed by atoms with Crippen LogP contribution in [0.15, 0.2) is 22.2 Å². The summed E-state index contributed by atoms with van der Waals surface area (Å²) in [6, 6.07) is 4.92. The minimum Gasteiger partial charge on any atom is -0.503 e. The zero-order valence-electron chi connectivity index (χ0n) is 15.8. The van der Waals surface area contributed by atoms with E-state index in [0.717, 1.165) is 0 Å². The van der Waals surface area contributed by atoms with Crippen LogP contribution in [0.2, 0.25) is 0 Å². The fourth-order valence-corrected chi connectivity index (χ4v) is 3.27. The van der Waals surface area contributed by atoms with Gasteiger partial charge < -0.3 is 19.6 Å². The summed E-state index contributed by atoms with van der Waals surface area (Å²) >= 11 is 3.20. The molecule has 0 atom stereocenters. The van der Waals surface area contributed by atoms with Gasteiger partial charge in [-0.25, -0.2) is 4.79 Å². The number of nitrogens with one attached hydrogen (secondary N) is 1. The monoisotopic (exact) mass is 446 g/mol. The van der Waals surface area contributed by atoms with Crippen molar-refractivity contribution in [2.75, 3.05) is 13.7 Å². The van der Waals surface area contributed by atoms with Gasteiger partial charge in [0, 0.05) is 11.4 Å². The third-order valence-electron chi connectivity index (χ3n) is 4.03. The number of esters is 1. The lowest BCUT2D eigenvalue weighted by molar-refractivity contribution is 0.0523. The second-order valence-electron chi connectivity index (χ2n) is 5.90. The Morgan fingerprint density at radius 1 is 1.29 bits per heavy atom. The number of ketones is 1. The molecule has 0 aliphatic carbocycles. The number of hydrogen-bond acceptors (Lipinski definition) is 6. The quantitative estimate of drug-likeness (QED) is 0.299. The number of H-pyrrole nitrogens is 1. The fraction of sp³-hybridized carbons (Fsp3) is 0.250. The van der Waals surface area contributed by atoms with Crippen LogP contribution in [-0.4, -0.2) is 35.6 Å². The van der Waals surface area contributed by atoms with Gasteiger partial charge in [0.25, 0.3) is 0 Å². The van der Waals surface area contributed by atoms with E-state index in [1.54, 1.807) is 26.8 Å². The number of halogens is 1. The molecule has 2 rings (SSSR count). The van der Waals surface area contributed by atoms with E-state index in [4.69, 9.17) is 9.47 Å². The molecule has 7 nitrogen and oxygen atoms in total. The van der Waals surface area contributed by atoms with Crippen molar-refractivity contribution in [3.63, 3.8) is 0 Å². The number of aryl methyl sites for hydroxylation is 2. The van der Waals surface area contributed by atoms with Crippen LogP contribution in [0.5, 0.6) is 11.5 Å². The second-order valence-corrected chi connectivity index (χ2v) is 6.75. The normalized spacial score (nSPS) is 11.1. The van der Waals surface area contributed by atoms with Crippen molar-refractivity contribution in [2.24, 2.45) is 0 Å². The Morgan fingerprint density at radius 2 is 1.93 bits per heavy atom. The number of benzene rings is 1. The largest absolute Gasteiger partial charge is 0.503 e. The molecule has 1 aromatic heterocycles. The molecule has 2 N–H and O–H groups in total. The molecular weight excluding hydrogens is 428 g/mol. The number of aromatic amines is 1. The van der Waals surface area contributed by atoms with Crippen molar-refractivity contribution in [2.45, 2.75) is 20.8 Å². The Balaban J connectivity index is 2.57. The molecular formula is C20H19BrN2O5. The maximum atomic E-state index is 13.0. The number of phenols is 1. The number of allylic oxidation sites excluding steroid dienone is 1. The average Bonchev–Trinajstić information content (AvgIpc) is 2.95. The fourth-order valence-electron chi connectivity index (χ4n) is 2.81. The van der Waals surface area contributed by atoms with Gasteiger partial charge in [-0.05, 0) is 60.5 Å². The van der Waals surface area contributed by atoms with Crippen molar-refractivity contribution in [1.29, 1.82) is 5.26 Å². The molecule has 0 saturated carbocycles. The summed E-state index contributed by atoms with van der Waals surface area (Å²) in [5.41, 5.74) is 1.48. The van der Waals surface area contributed by atoms with Crippen LogP contribution in [0, 0.1) is 25.2 Å². The van der Waals surface area contributed by atoms with Crippen molar-refractivity contribution < 1.29 is 24.2 Å². The molecule has 28 heavy (non-hydrogen) atoms. The van der Waals surface area contributed by atoms with E-state index in [1.807, 2.05) is 6.07 Å². The van der Waals surface area contributed by atoms with E-state index >= 15 is 0 Å². The number of nitrogens with zero attached hydrogens (tertiary/aromatic N) is 1. The Labute approximate surface area is 170 Å². The molecule has 2 aromatic rings. The first-order valence-corrected chi connectivity index (χ1v) is 9.13. The standard InChI is InChI=1S/C20H19BrN2O5/c1-5-28-20(26)17-11(3)23-10(2)16(17)18(24)13(9-22)6-12-7-14(21)19(25)15(8-12)27-4/h6-8,23,25H,5H2,1-4H3/b13-6+. The van der Waals surface area contributed by atoms with Gasteiger partial charge in [-0.3, -0.25) is 4.79 Å². The zero-order valence-corrected chi connectivity index (χ0v) is 17.4. The topological polar surface area (TPSA) is 112 Å². The number of ether oxygens (including phenoxy) is 2. The maximum Gasteiger partial charge on any atom is 0.340 e. The highest BCUT2D eigenvalue weighted by molar-refractivity contribution is 9.10. The highest BCUT2D eigenvalue weighted by Crippen LogP contribution is 2.36. The molecule has 0 saturated heterocycles. The first-order valence-electron chi connectivity index (χ1n) is 8.34. The third kappa shape index (κ3) is 4.10. The van der Waals surface area contributed by atoms with Crippen LogP contribution in [0.1, 0.15) is 44.6 Å². The maximum absolute atomic E-state index is 13.0. The summed E-state index contributed by atoms with van der Waals surface area (Å²) in [7, 11) is 1.39. The molecule has 0 unspecified atom stereocenters. The van der Waals surface area contributed by atoms with Crippen molar-refractivity contribution in [1.82, 2.24) is 4.98 Å². The smallest absolute Gasteiger partial charge is 0.340 e. The molecule has 1 aromatic carbocycles. The highest BCUT2D eigenvalue weighted by Gasteiger charge is 2.27. The minimum absolute atomic E-state index is 0.0915. The number of rotatable bonds is 6. The highest BCUT2D eigenvalue weighted by atomic mass is 79.9. The van der Waals surface area contributed by atoms with Crippen molar-refractivity contribution in [3.05, 3.63) is 50.3 Å². The lowest BCUT2D eigenvalue weighted by atomic mass is 9.98. The van der Waals surface area contributed by atoms with Crippen LogP contribution >= 0.6 is 15.9 Å². The van der Waals surface area contributed by atoms with E-state index in [9.17, 15) is 20.0 Å². The van der Waals surface area contributed by atoms with Crippen molar-refractivity contribution >= 4 is 33.8 Å². The summed E-state index contributed by atoms with van der Waals surface area (Å²) in [5.74, 6) is -1.13. The minimum atomic E-state index is -0.626. The first kappa shape index (κ1) is 21.3.